The minimum atomic E-state index is -3.27. The number of hydrogen-bond acceptors (Lipinski definition) is 4. The van der Waals surface area contributed by atoms with Gasteiger partial charge in [0.05, 0.1) is 12.2 Å². The molecular formula is C15H20N2O4S. The summed E-state index contributed by atoms with van der Waals surface area (Å²) in [6.45, 7) is 2.13. The fourth-order valence-corrected chi connectivity index (χ4v) is 3.43. The van der Waals surface area contributed by atoms with E-state index in [4.69, 9.17) is 0 Å². The molecule has 0 saturated carbocycles. The predicted molar refractivity (Wildman–Crippen MR) is 84.2 cm³/mol. The van der Waals surface area contributed by atoms with Crippen LogP contribution in [0.25, 0.3) is 0 Å². The Bertz CT molecular complexity index is 685. The molecule has 6 nitrogen and oxygen atoms in total. The van der Waals surface area contributed by atoms with Gasteiger partial charge in [-0.15, -0.1) is 0 Å². The maximum Gasteiger partial charge on any atom is 0.228 e. The molecule has 1 fully saturated rings. The van der Waals surface area contributed by atoms with E-state index in [1.807, 2.05) is 0 Å². The van der Waals surface area contributed by atoms with Gasteiger partial charge in [0, 0.05) is 24.3 Å². The summed E-state index contributed by atoms with van der Waals surface area (Å²) in [5.74, 6) is -0.657. The van der Waals surface area contributed by atoms with Crippen molar-refractivity contribution < 1.29 is 18.0 Å². The van der Waals surface area contributed by atoms with Crippen molar-refractivity contribution in [3.63, 3.8) is 0 Å². The lowest BCUT2D eigenvalue weighted by Gasteiger charge is -2.30. The zero-order chi connectivity index (χ0) is 16.3. The molecule has 1 N–H and O–H groups in total. The summed E-state index contributed by atoms with van der Waals surface area (Å²) < 4.78 is 24.5. The number of carbonyl (C=O) groups is 2. The molecule has 0 unspecified atom stereocenters. The van der Waals surface area contributed by atoms with E-state index in [0.29, 0.717) is 30.6 Å². The molecule has 1 heterocycles. The van der Waals surface area contributed by atoms with Gasteiger partial charge in [0.1, 0.15) is 0 Å². The maximum absolute atomic E-state index is 12.3. The third-order valence-corrected chi connectivity index (χ3v) is 5.03. The quantitative estimate of drug-likeness (QED) is 0.851. The first-order chi connectivity index (χ1) is 10.3. The molecule has 0 radical (unpaired) electrons. The fourth-order valence-electron chi connectivity index (χ4n) is 2.52. The second-order valence-corrected chi connectivity index (χ2v) is 7.57. The van der Waals surface area contributed by atoms with Crippen LogP contribution in [-0.4, -0.2) is 43.8 Å². The van der Waals surface area contributed by atoms with Crippen molar-refractivity contribution >= 4 is 27.4 Å². The summed E-state index contributed by atoms with van der Waals surface area (Å²) in [7, 11) is -3.27. The lowest BCUT2D eigenvalue weighted by Crippen LogP contribution is -2.43. The normalized spacial score (nSPS) is 19.6. The van der Waals surface area contributed by atoms with Crippen molar-refractivity contribution in [2.75, 3.05) is 24.7 Å². The van der Waals surface area contributed by atoms with Crippen LogP contribution in [0, 0.1) is 5.92 Å². The van der Waals surface area contributed by atoms with Crippen molar-refractivity contribution in [1.29, 1.82) is 0 Å². The predicted octanol–water partition coefficient (Wildman–Crippen LogP) is 1.50. The molecule has 120 valence electrons. The number of ketones is 1. The molecule has 1 amide bonds. The van der Waals surface area contributed by atoms with E-state index >= 15 is 0 Å². The smallest absolute Gasteiger partial charge is 0.228 e. The van der Waals surface area contributed by atoms with Crippen molar-refractivity contribution in [2.45, 2.75) is 19.8 Å². The van der Waals surface area contributed by atoms with Gasteiger partial charge in [-0.2, -0.15) is 0 Å². The number of piperidine rings is 1. The summed E-state index contributed by atoms with van der Waals surface area (Å²) >= 11 is 0. The standard InChI is InChI=1S/C15H20N2O4S/c1-11(18)12-5-3-7-14(9-12)16-15(19)13-6-4-8-17(10-13)22(2,20)21/h3,5,7,9,13H,4,6,8,10H2,1-2H3,(H,16,19)/t13-/m0/s1. The van der Waals surface area contributed by atoms with Crippen LogP contribution in [-0.2, 0) is 14.8 Å². The van der Waals surface area contributed by atoms with Crippen molar-refractivity contribution in [3.05, 3.63) is 29.8 Å². The van der Waals surface area contributed by atoms with Crippen LogP contribution in [0.3, 0.4) is 0 Å². The van der Waals surface area contributed by atoms with Gasteiger partial charge in [0.2, 0.25) is 15.9 Å². The highest BCUT2D eigenvalue weighted by atomic mass is 32.2. The van der Waals surface area contributed by atoms with Gasteiger partial charge < -0.3 is 5.32 Å². The summed E-state index contributed by atoms with van der Waals surface area (Å²) in [5, 5.41) is 2.77. The molecule has 1 aliphatic heterocycles. The molecule has 0 spiro atoms. The average Bonchev–Trinajstić information content (AvgIpc) is 2.46. The van der Waals surface area contributed by atoms with E-state index in [1.54, 1.807) is 24.3 Å². The van der Waals surface area contributed by atoms with E-state index in [-0.39, 0.29) is 24.2 Å². The highest BCUT2D eigenvalue weighted by Crippen LogP contribution is 2.21. The van der Waals surface area contributed by atoms with Gasteiger partial charge >= 0.3 is 0 Å². The van der Waals surface area contributed by atoms with E-state index in [9.17, 15) is 18.0 Å². The Hall–Kier alpha value is -1.73. The highest BCUT2D eigenvalue weighted by Gasteiger charge is 2.30. The van der Waals surface area contributed by atoms with E-state index in [1.165, 1.54) is 11.2 Å². The Morgan fingerprint density at radius 1 is 1.32 bits per heavy atom. The largest absolute Gasteiger partial charge is 0.326 e. The number of rotatable bonds is 4. The molecule has 7 heteroatoms. The number of anilines is 1. The molecule has 0 bridgehead atoms. The number of sulfonamides is 1. The first-order valence-electron chi connectivity index (χ1n) is 7.14. The Kier molecular flexibility index (Phi) is 4.97. The second-order valence-electron chi connectivity index (χ2n) is 5.59. The first kappa shape index (κ1) is 16.6. The Morgan fingerprint density at radius 2 is 2.05 bits per heavy atom. The van der Waals surface area contributed by atoms with Crippen LogP contribution in [0.5, 0.6) is 0 Å². The van der Waals surface area contributed by atoms with Gasteiger partial charge in [-0.3, -0.25) is 9.59 Å². The van der Waals surface area contributed by atoms with Gasteiger partial charge in [-0.05, 0) is 31.9 Å². The fraction of sp³-hybridized carbons (Fsp3) is 0.467. The number of benzene rings is 1. The number of Topliss-reactive ketones (excluding diaryl/α,β-unsaturated/α-hetero) is 1. The third-order valence-electron chi connectivity index (χ3n) is 3.76. The highest BCUT2D eigenvalue weighted by molar-refractivity contribution is 7.88. The van der Waals surface area contributed by atoms with Gasteiger partial charge in [0.15, 0.2) is 5.78 Å². The summed E-state index contributed by atoms with van der Waals surface area (Å²) in [5.41, 5.74) is 1.08. The lowest BCUT2D eigenvalue weighted by molar-refractivity contribution is -0.120. The van der Waals surface area contributed by atoms with Crippen LogP contribution in [0.15, 0.2) is 24.3 Å². The van der Waals surface area contributed by atoms with E-state index in [0.717, 1.165) is 6.26 Å². The molecule has 1 saturated heterocycles. The van der Waals surface area contributed by atoms with Gasteiger partial charge in [-0.1, -0.05) is 12.1 Å². The van der Waals surface area contributed by atoms with Crippen LogP contribution in [0.2, 0.25) is 0 Å². The topological polar surface area (TPSA) is 83.6 Å². The number of hydrogen-bond donors (Lipinski definition) is 1. The number of carbonyl (C=O) groups excluding carboxylic acids is 2. The molecule has 1 aliphatic rings. The minimum Gasteiger partial charge on any atom is -0.326 e. The SMILES string of the molecule is CC(=O)c1cccc(NC(=O)[C@H]2CCCN(S(C)(=O)=O)C2)c1. The Balaban J connectivity index is 2.06. The second kappa shape index (κ2) is 6.58. The number of nitrogens with zero attached hydrogens (tertiary/aromatic N) is 1. The Labute approximate surface area is 130 Å². The average molecular weight is 324 g/mol. The zero-order valence-corrected chi connectivity index (χ0v) is 13.5. The molecule has 1 aromatic carbocycles. The molecule has 1 atom stereocenters. The molecular weight excluding hydrogens is 304 g/mol. The van der Waals surface area contributed by atoms with E-state index in [2.05, 4.69) is 5.32 Å². The van der Waals surface area contributed by atoms with Crippen molar-refractivity contribution in [2.24, 2.45) is 5.92 Å². The molecule has 0 aromatic heterocycles. The molecule has 1 aromatic rings. The minimum absolute atomic E-state index is 0.0722. The van der Waals surface area contributed by atoms with Crippen LogP contribution < -0.4 is 5.32 Å². The van der Waals surface area contributed by atoms with Gasteiger partial charge in [-0.25, -0.2) is 12.7 Å². The lowest BCUT2D eigenvalue weighted by atomic mass is 9.98. The summed E-state index contributed by atoms with van der Waals surface area (Å²) in [6, 6.07) is 6.72. The van der Waals surface area contributed by atoms with Gasteiger partial charge in [0.25, 0.3) is 0 Å². The zero-order valence-electron chi connectivity index (χ0n) is 12.7. The maximum atomic E-state index is 12.3. The summed E-state index contributed by atoms with van der Waals surface area (Å²) in [4.78, 5) is 23.7. The number of amides is 1. The molecule has 22 heavy (non-hydrogen) atoms. The Morgan fingerprint density at radius 3 is 2.68 bits per heavy atom. The van der Waals surface area contributed by atoms with Crippen molar-refractivity contribution in [1.82, 2.24) is 4.31 Å². The van der Waals surface area contributed by atoms with Crippen LogP contribution in [0.1, 0.15) is 30.1 Å². The van der Waals surface area contributed by atoms with Crippen LogP contribution >= 0.6 is 0 Å². The monoisotopic (exact) mass is 324 g/mol. The molecule has 0 aliphatic carbocycles. The number of nitrogens with one attached hydrogen (secondary N) is 1. The van der Waals surface area contributed by atoms with Crippen LogP contribution in [0.4, 0.5) is 5.69 Å². The summed E-state index contributed by atoms with van der Waals surface area (Å²) in [6.07, 6.45) is 2.48. The van der Waals surface area contributed by atoms with E-state index < -0.39 is 10.0 Å². The third kappa shape index (κ3) is 4.14. The molecule has 2 rings (SSSR count). The first-order valence-corrected chi connectivity index (χ1v) is 8.99. The van der Waals surface area contributed by atoms with Crippen molar-refractivity contribution in [3.8, 4) is 0 Å².